The highest BCUT2D eigenvalue weighted by molar-refractivity contribution is 5.61. The van der Waals surface area contributed by atoms with Crippen molar-refractivity contribution in [1.29, 1.82) is 0 Å². The number of hydrogen-bond acceptors (Lipinski definition) is 5. The number of hydrogen-bond donors (Lipinski definition) is 1. The Morgan fingerprint density at radius 1 is 1.11 bits per heavy atom. The third-order valence-electron chi connectivity index (χ3n) is 3.20. The summed E-state index contributed by atoms with van der Waals surface area (Å²) in [4.78, 5) is 8.99. The normalized spacial score (nSPS) is 13.2. The fourth-order valence-corrected chi connectivity index (χ4v) is 2.17. The van der Waals surface area contributed by atoms with E-state index in [9.17, 15) is 0 Å². The topological polar surface area (TPSA) is 56.3 Å². The second-order valence-electron chi connectivity index (χ2n) is 4.34. The van der Waals surface area contributed by atoms with Crippen molar-refractivity contribution >= 4 is 0 Å². The number of nitrogens with zero attached hydrogens (tertiary/aromatic N) is 2. The van der Waals surface area contributed by atoms with E-state index < -0.39 is 0 Å². The van der Waals surface area contributed by atoms with Gasteiger partial charge >= 0.3 is 0 Å². The van der Waals surface area contributed by atoms with Crippen LogP contribution in [0.3, 0.4) is 0 Å². The molecule has 98 valence electrons. The van der Waals surface area contributed by atoms with E-state index in [2.05, 4.69) is 15.3 Å². The Hall–Kier alpha value is -2.14. The molecular weight excluding hydrogens is 242 g/mol. The Morgan fingerprint density at radius 2 is 1.95 bits per heavy atom. The number of benzene rings is 1. The van der Waals surface area contributed by atoms with E-state index >= 15 is 0 Å². The smallest absolute Gasteiger partial charge is 0.161 e. The summed E-state index contributed by atoms with van der Waals surface area (Å²) in [6.45, 7) is 1.65. The molecule has 3 rings (SSSR count). The first-order valence-corrected chi connectivity index (χ1v) is 6.09. The highest BCUT2D eigenvalue weighted by atomic mass is 16.5. The van der Waals surface area contributed by atoms with E-state index in [1.807, 2.05) is 24.4 Å². The van der Waals surface area contributed by atoms with Crippen LogP contribution in [0.1, 0.15) is 11.3 Å². The molecule has 0 saturated carbocycles. The van der Waals surface area contributed by atoms with Gasteiger partial charge in [0.15, 0.2) is 17.3 Å². The van der Waals surface area contributed by atoms with E-state index in [4.69, 9.17) is 9.47 Å². The summed E-state index contributed by atoms with van der Waals surface area (Å²) in [5, 5.41) is 3.26. The van der Waals surface area contributed by atoms with Gasteiger partial charge in [0.25, 0.3) is 0 Å². The zero-order valence-corrected chi connectivity index (χ0v) is 10.9. The van der Waals surface area contributed by atoms with Crippen LogP contribution in [0, 0.1) is 0 Å². The third kappa shape index (κ3) is 2.13. The van der Waals surface area contributed by atoms with Crippen LogP contribution in [0.5, 0.6) is 11.5 Å². The van der Waals surface area contributed by atoms with Gasteiger partial charge in [0.1, 0.15) is 0 Å². The Bertz CT molecular complexity index is 614. The Kier molecular flexibility index (Phi) is 3.05. The highest BCUT2D eigenvalue weighted by Gasteiger charge is 2.14. The van der Waals surface area contributed by atoms with Gasteiger partial charge in [-0.25, -0.2) is 9.97 Å². The van der Waals surface area contributed by atoms with Gasteiger partial charge in [0.2, 0.25) is 0 Å². The largest absolute Gasteiger partial charge is 0.493 e. The van der Waals surface area contributed by atoms with Gasteiger partial charge in [0.05, 0.1) is 19.9 Å². The Labute approximate surface area is 111 Å². The molecule has 0 atom stereocenters. The average Bonchev–Trinajstić information content (AvgIpc) is 2.93. The van der Waals surface area contributed by atoms with Crippen LogP contribution in [-0.4, -0.2) is 24.2 Å². The molecule has 0 saturated heterocycles. The van der Waals surface area contributed by atoms with E-state index in [1.54, 1.807) is 14.2 Å². The molecule has 1 aliphatic heterocycles. The fourth-order valence-electron chi connectivity index (χ4n) is 2.17. The van der Waals surface area contributed by atoms with Crippen LogP contribution in [-0.2, 0) is 13.1 Å². The van der Waals surface area contributed by atoms with Crippen molar-refractivity contribution in [1.82, 2.24) is 15.3 Å². The molecule has 0 radical (unpaired) electrons. The number of rotatable bonds is 3. The van der Waals surface area contributed by atoms with E-state index in [0.717, 1.165) is 24.3 Å². The first-order chi connectivity index (χ1) is 9.31. The van der Waals surface area contributed by atoms with E-state index in [1.165, 1.54) is 5.56 Å². The maximum atomic E-state index is 5.30. The zero-order chi connectivity index (χ0) is 13.2. The quantitative estimate of drug-likeness (QED) is 0.908. The molecule has 0 unspecified atom stereocenters. The summed E-state index contributed by atoms with van der Waals surface area (Å²) in [5.74, 6) is 2.10. The van der Waals surface area contributed by atoms with Crippen LogP contribution in [0.4, 0.5) is 0 Å². The molecule has 5 heteroatoms. The van der Waals surface area contributed by atoms with Gasteiger partial charge in [0, 0.05) is 30.4 Å². The molecule has 1 aromatic heterocycles. The average molecular weight is 257 g/mol. The third-order valence-corrected chi connectivity index (χ3v) is 3.20. The molecule has 0 spiro atoms. The van der Waals surface area contributed by atoms with Crippen molar-refractivity contribution in [2.75, 3.05) is 14.2 Å². The van der Waals surface area contributed by atoms with Crippen molar-refractivity contribution in [2.45, 2.75) is 13.1 Å². The van der Waals surface area contributed by atoms with Gasteiger partial charge < -0.3 is 14.8 Å². The summed E-state index contributed by atoms with van der Waals surface area (Å²) in [5.41, 5.74) is 3.16. The predicted octanol–water partition coefficient (Wildman–Crippen LogP) is 1.76. The van der Waals surface area contributed by atoms with Gasteiger partial charge in [-0.1, -0.05) is 0 Å². The number of methoxy groups -OCH3 is 2. The van der Waals surface area contributed by atoms with Crippen molar-refractivity contribution in [2.24, 2.45) is 0 Å². The van der Waals surface area contributed by atoms with Gasteiger partial charge in [-0.05, 0) is 18.2 Å². The van der Waals surface area contributed by atoms with Crippen LogP contribution in [0.15, 0.2) is 24.4 Å². The zero-order valence-electron chi connectivity index (χ0n) is 10.9. The lowest BCUT2D eigenvalue weighted by Gasteiger charge is -2.09. The lowest BCUT2D eigenvalue weighted by Crippen LogP contribution is -2.00. The number of fused-ring (bicyclic) bond motifs is 1. The molecule has 1 aliphatic rings. The fraction of sp³-hybridized carbons (Fsp3) is 0.286. The van der Waals surface area contributed by atoms with Crippen molar-refractivity contribution in [3.63, 3.8) is 0 Å². The molecular formula is C14H15N3O2. The monoisotopic (exact) mass is 257 g/mol. The second-order valence-corrected chi connectivity index (χ2v) is 4.34. The van der Waals surface area contributed by atoms with Crippen molar-refractivity contribution in [3.8, 4) is 22.9 Å². The van der Waals surface area contributed by atoms with E-state index in [0.29, 0.717) is 17.3 Å². The highest BCUT2D eigenvalue weighted by Crippen LogP contribution is 2.31. The van der Waals surface area contributed by atoms with Crippen LogP contribution in [0.25, 0.3) is 11.4 Å². The first-order valence-electron chi connectivity index (χ1n) is 6.09. The summed E-state index contributed by atoms with van der Waals surface area (Å²) in [6, 6.07) is 5.69. The molecule has 2 heterocycles. The second kappa shape index (κ2) is 4.85. The number of nitrogens with one attached hydrogen (secondary N) is 1. The first kappa shape index (κ1) is 11.9. The summed E-state index contributed by atoms with van der Waals surface area (Å²) < 4.78 is 10.5. The molecule has 2 aromatic rings. The lowest BCUT2D eigenvalue weighted by molar-refractivity contribution is 0.355. The van der Waals surface area contributed by atoms with Gasteiger partial charge in [-0.15, -0.1) is 0 Å². The molecule has 5 nitrogen and oxygen atoms in total. The minimum absolute atomic E-state index is 0.683. The predicted molar refractivity (Wildman–Crippen MR) is 71.1 cm³/mol. The SMILES string of the molecule is COc1ccc(-c2ncc3c(n2)CNC3)cc1OC. The van der Waals surface area contributed by atoms with Crippen molar-refractivity contribution in [3.05, 3.63) is 35.7 Å². The lowest BCUT2D eigenvalue weighted by atomic mass is 10.1. The van der Waals surface area contributed by atoms with Gasteiger partial charge in [-0.2, -0.15) is 0 Å². The maximum absolute atomic E-state index is 5.30. The Balaban J connectivity index is 2.02. The minimum atomic E-state index is 0.683. The summed E-state index contributed by atoms with van der Waals surface area (Å²) in [7, 11) is 3.24. The molecule has 1 aromatic carbocycles. The molecule has 0 aliphatic carbocycles. The number of ether oxygens (including phenoxy) is 2. The Morgan fingerprint density at radius 3 is 2.74 bits per heavy atom. The van der Waals surface area contributed by atoms with Crippen LogP contribution in [0.2, 0.25) is 0 Å². The van der Waals surface area contributed by atoms with E-state index in [-0.39, 0.29) is 0 Å². The van der Waals surface area contributed by atoms with Crippen LogP contribution < -0.4 is 14.8 Å². The van der Waals surface area contributed by atoms with Gasteiger partial charge in [-0.3, -0.25) is 0 Å². The standard InChI is InChI=1S/C14H15N3O2/c1-18-12-4-3-9(5-13(12)19-2)14-16-7-10-6-15-8-11(10)17-14/h3-5,7,15H,6,8H2,1-2H3. The minimum Gasteiger partial charge on any atom is -0.493 e. The summed E-state index contributed by atoms with van der Waals surface area (Å²) >= 11 is 0. The maximum Gasteiger partial charge on any atom is 0.161 e. The molecule has 0 fully saturated rings. The molecule has 19 heavy (non-hydrogen) atoms. The summed E-state index contributed by atoms with van der Waals surface area (Å²) in [6.07, 6.45) is 1.88. The van der Waals surface area contributed by atoms with Crippen molar-refractivity contribution < 1.29 is 9.47 Å². The van der Waals surface area contributed by atoms with Crippen LogP contribution >= 0.6 is 0 Å². The number of aromatic nitrogens is 2. The molecule has 1 N–H and O–H groups in total. The molecule has 0 bridgehead atoms. The molecule has 0 amide bonds.